The molecule has 0 atom stereocenters. The highest BCUT2D eigenvalue weighted by atomic mass is 32.2. The fourth-order valence-electron chi connectivity index (χ4n) is 2.13. The van der Waals surface area contributed by atoms with Gasteiger partial charge in [0, 0.05) is 12.2 Å². The van der Waals surface area contributed by atoms with Gasteiger partial charge in [-0.2, -0.15) is 0 Å². The van der Waals surface area contributed by atoms with Gasteiger partial charge in [0.15, 0.2) is 6.61 Å². The van der Waals surface area contributed by atoms with E-state index in [0.29, 0.717) is 11.4 Å². The van der Waals surface area contributed by atoms with Gasteiger partial charge in [0.25, 0.3) is 5.91 Å². The number of anilines is 1. The molecule has 1 amide bonds. The van der Waals surface area contributed by atoms with E-state index in [4.69, 9.17) is 9.47 Å². The largest absolute Gasteiger partial charge is 0.497 e. The molecule has 0 aliphatic carbocycles. The lowest BCUT2D eigenvalue weighted by molar-refractivity contribution is -0.119. The second-order valence-corrected chi connectivity index (χ2v) is 7.29. The Labute approximate surface area is 163 Å². The zero-order valence-corrected chi connectivity index (χ0v) is 16.0. The lowest BCUT2D eigenvalue weighted by Crippen LogP contribution is -2.24. The Morgan fingerprint density at radius 3 is 2.50 bits per heavy atom. The number of sulfonamides is 1. The highest BCUT2D eigenvalue weighted by Crippen LogP contribution is 2.15. The van der Waals surface area contributed by atoms with E-state index < -0.39 is 28.5 Å². The van der Waals surface area contributed by atoms with Gasteiger partial charge in [0.1, 0.15) is 5.75 Å². The van der Waals surface area contributed by atoms with E-state index >= 15 is 0 Å². The molecule has 0 heterocycles. The van der Waals surface area contributed by atoms with Crippen LogP contribution >= 0.6 is 0 Å². The number of esters is 1. The van der Waals surface area contributed by atoms with Crippen LogP contribution in [0.2, 0.25) is 0 Å². The lowest BCUT2D eigenvalue weighted by Gasteiger charge is -2.09. The van der Waals surface area contributed by atoms with Crippen molar-refractivity contribution in [3.8, 4) is 5.75 Å². The van der Waals surface area contributed by atoms with Crippen molar-refractivity contribution in [2.75, 3.05) is 25.6 Å². The molecule has 28 heavy (non-hydrogen) atoms. The van der Waals surface area contributed by atoms with Gasteiger partial charge < -0.3 is 14.8 Å². The molecule has 2 N–H and O–H groups in total. The number of benzene rings is 2. The average molecular weight is 404 g/mol. The molecule has 2 aromatic carbocycles. The molecule has 2 aromatic rings. The van der Waals surface area contributed by atoms with Crippen molar-refractivity contribution in [1.82, 2.24) is 4.72 Å². The molecule has 0 saturated heterocycles. The molecule has 9 heteroatoms. The molecule has 0 aliphatic rings. The Balaban J connectivity index is 1.96. The molecule has 0 fully saturated rings. The number of carbonyl (C=O) groups is 2. The van der Waals surface area contributed by atoms with Crippen LogP contribution in [0, 0.1) is 0 Å². The average Bonchev–Trinajstić information content (AvgIpc) is 2.71. The van der Waals surface area contributed by atoms with E-state index in [-0.39, 0.29) is 17.0 Å². The van der Waals surface area contributed by atoms with Crippen LogP contribution in [0.15, 0.2) is 66.1 Å². The second-order valence-electron chi connectivity index (χ2n) is 5.52. The predicted molar refractivity (Wildman–Crippen MR) is 104 cm³/mol. The van der Waals surface area contributed by atoms with Crippen LogP contribution in [0.5, 0.6) is 5.75 Å². The standard InChI is InChI=1S/C19H20N2O6S/c1-3-11-20-28(24,25)17-6-4-5-14(12-17)19(23)27-13-18(22)21-15-7-9-16(26-2)10-8-15/h3-10,12,20H,1,11,13H2,2H3,(H,21,22). The van der Waals surface area contributed by atoms with Crippen LogP contribution in [-0.2, 0) is 19.6 Å². The molecule has 0 unspecified atom stereocenters. The van der Waals surface area contributed by atoms with Crippen molar-refractivity contribution in [2.24, 2.45) is 0 Å². The van der Waals surface area contributed by atoms with Crippen LogP contribution in [-0.4, -0.2) is 40.6 Å². The summed E-state index contributed by atoms with van der Waals surface area (Å²) >= 11 is 0. The minimum absolute atomic E-state index is 0.0127. The third kappa shape index (κ3) is 5.93. The maximum absolute atomic E-state index is 12.1. The van der Waals surface area contributed by atoms with E-state index in [0.717, 1.165) is 0 Å². The molecule has 2 rings (SSSR count). The summed E-state index contributed by atoms with van der Waals surface area (Å²) in [6.45, 7) is 2.98. The number of rotatable bonds is 9. The first kappa shape index (κ1) is 21.1. The van der Waals surface area contributed by atoms with E-state index in [2.05, 4.69) is 16.6 Å². The van der Waals surface area contributed by atoms with E-state index in [1.807, 2.05) is 0 Å². The summed E-state index contributed by atoms with van der Waals surface area (Å²) in [5.41, 5.74) is 0.530. The normalized spacial score (nSPS) is 10.8. The van der Waals surface area contributed by atoms with E-state index in [1.54, 1.807) is 24.3 Å². The van der Waals surface area contributed by atoms with E-state index in [1.165, 1.54) is 37.5 Å². The number of hydrogen-bond donors (Lipinski definition) is 2. The molecule has 8 nitrogen and oxygen atoms in total. The summed E-state index contributed by atoms with van der Waals surface area (Å²) in [7, 11) is -2.24. The SMILES string of the molecule is C=CCNS(=O)(=O)c1cccc(C(=O)OCC(=O)Nc2ccc(OC)cc2)c1. The smallest absolute Gasteiger partial charge is 0.338 e. The van der Waals surface area contributed by atoms with Gasteiger partial charge in [-0.25, -0.2) is 17.9 Å². The Kier molecular flexibility index (Phi) is 7.30. The van der Waals surface area contributed by atoms with Crippen LogP contribution < -0.4 is 14.8 Å². The third-order valence-electron chi connectivity index (χ3n) is 3.51. The predicted octanol–water partition coefficient (Wildman–Crippen LogP) is 1.95. The maximum atomic E-state index is 12.1. The highest BCUT2D eigenvalue weighted by Gasteiger charge is 2.17. The molecule has 0 spiro atoms. The van der Waals surface area contributed by atoms with Crippen LogP contribution in [0.3, 0.4) is 0 Å². The summed E-state index contributed by atoms with van der Waals surface area (Å²) in [5.74, 6) is -0.706. The van der Waals surface area contributed by atoms with Crippen molar-refractivity contribution in [1.29, 1.82) is 0 Å². The number of carbonyl (C=O) groups excluding carboxylic acids is 2. The van der Waals surface area contributed by atoms with Gasteiger partial charge in [0.2, 0.25) is 10.0 Å². The molecule has 0 bridgehead atoms. The fourth-order valence-corrected chi connectivity index (χ4v) is 3.17. The fraction of sp³-hybridized carbons (Fsp3) is 0.158. The van der Waals surface area contributed by atoms with Crippen LogP contribution in [0.4, 0.5) is 5.69 Å². The van der Waals surface area contributed by atoms with Crippen LogP contribution in [0.1, 0.15) is 10.4 Å². The Morgan fingerprint density at radius 1 is 1.14 bits per heavy atom. The Hall–Kier alpha value is -3.17. The zero-order chi connectivity index (χ0) is 20.6. The maximum Gasteiger partial charge on any atom is 0.338 e. The lowest BCUT2D eigenvalue weighted by atomic mass is 10.2. The van der Waals surface area contributed by atoms with Crippen molar-refractivity contribution >= 4 is 27.6 Å². The summed E-state index contributed by atoms with van der Waals surface area (Å²) in [5, 5.41) is 2.57. The third-order valence-corrected chi connectivity index (χ3v) is 4.93. The van der Waals surface area contributed by atoms with Gasteiger partial charge in [-0.3, -0.25) is 4.79 Å². The highest BCUT2D eigenvalue weighted by molar-refractivity contribution is 7.89. The topological polar surface area (TPSA) is 111 Å². The first-order valence-electron chi connectivity index (χ1n) is 8.17. The zero-order valence-electron chi connectivity index (χ0n) is 15.2. The Bertz CT molecular complexity index is 955. The van der Waals surface area contributed by atoms with Gasteiger partial charge in [-0.05, 0) is 42.5 Å². The summed E-state index contributed by atoms with van der Waals surface area (Å²) in [6, 6.07) is 12.0. The van der Waals surface area contributed by atoms with Crippen molar-refractivity contribution < 1.29 is 27.5 Å². The molecular formula is C19H20N2O6S. The minimum atomic E-state index is -3.77. The van der Waals surface area contributed by atoms with Gasteiger partial charge in [0.05, 0.1) is 17.6 Å². The van der Waals surface area contributed by atoms with Crippen molar-refractivity contribution in [3.05, 3.63) is 66.7 Å². The van der Waals surface area contributed by atoms with Gasteiger partial charge >= 0.3 is 5.97 Å². The number of methoxy groups -OCH3 is 1. The summed E-state index contributed by atoms with van der Waals surface area (Å²) < 4.78 is 36.5. The van der Waals surface area contributed by atoms with E-state index in [9.17, 15) is 18.0 Å². The monoisotopic (exact) mass is 404 g/mol. The first-order valence-corrected chi connectivity index (χ1v) is 9.65. The minimum Gasteiger partial charge on any atom is -0.497 e. The van der Waals surface area contributed by atoms with Crippen LogP contribution in [0.25, 0.3) is 0 Å². The molecular weight excluding hydrogens is 384 g/mol. The van der Waals surface area contributed by atoms with Crippen molar-refractivity contribution in [2.45, 2.75) is 4.90 Å². The number of ether oxygens (including phenoxy) is 2. The first-order chi connectivity index (χ1) is 13.4. The van der Waals surface area contributed by atoms with Crippen molar-refractivity contribution in [3.63, 3.8) is 0 Å². The Morgan fingerprint density at radius 2 is 1.86 bits per heavy atom. The second kappa shape index (κ2) is 9.67. The summed E-state index contributed by atoms with van der Waals surface area (Å²) in [6.07, 6.45) is 1.40. The van der Waals surface area contributed by atoms with Gasteiger partial charge in [-0.1, -0.05) is 12.1 Å². The molecule has 0 radical (unpaired) electrons. The quantitative estimate of drug-likeness (QED) is 0.488. The molecule has 0 aliphatic heterocycles. The molecule has 148 valence electrons. The molecule has 0 aromatic heterocycles. The number of amides is 1. The molecule has 0 saturated carbocycles. The number of hydrogen-bond acceptors (Lipinski definition) is 6. The number of nitrogens with one attached hydrogen (secondary N) is 2. The summed E-state index contributed by atoms with van der Waals surface area (Å²) in [4.78, 5) is 23.9. The van der Waals surface area contributed by atoms with Gasteiger partial charge in [-0.15, -0.1) is 6.58 Å².